The first kappa shape index (κ1) is 20.6. The molecule has 1 N–H and O–H groups in total. The maximum Gasteiger partial charge on any atom is 0.230 e. The predicted molar refractivity (Wildman–Crippen MR) is 119 cm³/mol. The molecule has 156 valence electrons. The van der Waals surface area contributed by atoms with E-state index in [2.05, 4.69) is 44.1 Å². The predicted octanol–water partition coefficient (Wildman–Crippen LogP) is 4.18. The van der Waals surface area contributed by atoms with Crippen molar-refractivity contribution in [3.8, 4) is 11.4 Å². The quantitative estimate of drug-likeness (QED) is 0.580. The van der Waals surface area contributed by atoms with E-state index in [0.29, 0.717) is 18.3 Å². The van der Waals surface area contributed by atoms with Gasteiger partial charge in [0, 0.05) is 24.0 Å². The summed E-state index contributed by atoms with van der Waals surface area (Å²) in [6, 6.07) is 14.4. The minimum absolute atomic E-state index is 0.0688. The van der Waals surface area contributed by atoms with E-state index in [-0.39, 0.29) is 5.91 Å². The second-order valence-corrected chi connectivity index (χ2v) is 8.87. The summed E-state index contributed by atoms with van der Waals surface area (Å²) >= 11 is 1.44. The lowest BCUT2D eigenvalue weighted by Crippen LogP contribution is -2.38. The van der Waals surface area contributed by atoms with E-state index in [1.165, 1.54) is 24.6 Å². The minimum Gasteiger partial charge on any atom is -0.353 e. The largest absolute Gasteiger partial charge is 0.353 e. The van der Waals surface area contributed by atoms with Crippen molar-refractivity contribution < 1.29 is 4.79 Å². The summed E-state index contributed by atoms with van der Waals surface area (Å²) in [7, 11) is 0. The van der Waals surface area contributed by atoms with Gasteiger partial charge in [0.05, 0.1) is 12.3 Å². The average Bonchev–Trinajstić information content (AvgIpc) is 3.17. The van der Waals surface area contributed by atoms with Crippen LogP contribution < -0.4 is 5.32 Å². The Morgan fingerprint density at radius 2 is 1.80 bits per heavy atom. The van der Waals surface area contributed by atoms with Crippen molar-refractivity contribution in [2.75, 3.05) is 5.75 Å². The Labute approximate surface area is 181 Å². The zero-order valence-electron chi connectivity index (χ0n) is 17.2. The number of benzene rings is 1. The van der Waals surface area contributed by atoms with Crippen LogP contribution in [-0.2, 0) is 11.3 Å². The molecule has 0 atom stereocenters. The van der Waals surface area contributed by atoms with Gasteiger partial charge in [0.2, 0.25) is 5.91 Å². The maximum absolute atomic E-state index is 12.5. The molecule has 0 saturated heterocycles. The number of pyridine rings is 1. The van der Waals surface area contributed by atoms with Gasteiger partial charge in [-0.2, -0.15) is 0 Å². The van der Waals surface area contributed by atoms with Crippen LogP contribution in [0.4, 0.5) is 0 Å². The van der Waals surface area contributed by atoms with Crippen LogP contribution in [0.15, 0.2) is 60.0 Å². The van der Waals surface area contributed by atoms with Crippen LogP contribution in [-0.4, -0.2) is 37.5 Å². The maximum atomic E-state index is 12.5. The zero-order chi connectivity index (χ0) is 20.8. The molecule has 0 bridgehead atoms. The number of nitrogens with one attached hydrogen (secondary N) is 1. The van der Waals surface area contributed by atoms with Crippen LogP contribution in [0.2, 0.25) is 0 Å². The van der Waals surface area contributed by atoms with Crippen LogP contribution in [0.1, 0.15) is 38.2 Å². The highest BCUT2D eigenvalue weighted by Gasteiger charge is 2.21. The standard InChI is InChI=1S/C23H27N5OS/c1-17-7-9-20(10-8-17)25-21(29)16-30-23-27-26-22(19-11-13-24-14-12-19)28(23)15-18-5-3-2-4-6-18/h2-6,11-14,17,20H,7-10,15-16H2,1H3,(H,25,29). The number of carbonyl (C=O) groups excluding carboxylic acids is 1. The van der Waals surface area contributed by atoms with E-state index in [1.54, 1.807) is 12.4 Å². The molecule has 0 radical (unpaired) electrons. The second-order valence-electron chi connectivity index (χ2n) is 7.93. The summed E-state index contributed by atoms with van der Waals surface area (Å²) in [6.07, 6.45) is 8.05. The van der Waals surface area contributed by atoms with Gasteiger partial charge in [0.1, 0.15) is 0 Å². The fourth-order valence-corrected chi connectivity index (χ4v) is 4.57. The molecule has 1 aliphatic carbocycles. The fraction of sp³-hybridized carbons (Fsp3) is 0.391. The van der Waals surface area contributed by atoms with Crippen LogP contribution >= 0.6 is 11.8 Å². The molecule has 3 aromatic rings. The van der Waals surface area contributed by atoms with Gasteiger partial charge in [-0.05, 0) is 49.3 Å². The van der Waals surface area contributed by atoms with Gasteiger partial charge in [-0.15, -0.1) is 10.2 Å². The van der Waals surface area contributed by atoms with Crippen LogP contribution in [0.5, 0.6) is 0 Å². The number of aromatic nitrogens is 4. The Morgan fingerprint density at radius 3 is 2.53 bits per heavy atom. The van der Waals surface area contributed by atoms with Crippen molar-refractivity contribution in [3.63, 3.8) is 0 Å². The molecule has 0 spiro atoms. The number of rotatable bonds is 7. The topological polar surface area (TPSA) is 72.7 Å². The third kappa shape index (κ3) is 5.27. The molecule has 1 fully saturated rings. The molecule has 1 amide bonds. The summed E-state index contributed by atoms with van der Waals surface area (Å²) < 4.78 is 2.07. The van der Waals surface area contributed by atoms with Crippen molar-refractivity contribution in [1.82, 2.24) is 25.1 Å². The highest BCUT2D eigenvalue weighted by molar-refractivity contribution is 7.99. The lowest BCUT2D eigenvalue weighted by molar-refractivity contribution is -0.119. The summed E-state index contributed by atoms with van der Waals surface area (Å²) in [5.41, 5.74) is 2.12. The van der Waals surface area contributed by atoms with Gasteiger partial charge >= 0.3 is 0 Å². The van der Waals surface area contributed by atoms with Gasteiger partial charge < -0.3 is 5.32 Å². The molecule has 30 heavy (non-hydrogen) atoms. The van der Waals surface area contributed by atoms with Crippen LogP contribution in [0, 0.1) is 5.92 Å². The van der Waals surface area contributed by atoms with Gasteiger partial charge in [0.15, 0.2) is 11.0 Å². The first-order chi connectivity index (χ1) is 14.7. The zero-order valence-corrected chi connectivity index (χ0v) is 18.0. The third-order valence-corrected chi connectivity index (χ3v) is 6.52. The van der Waals surface area contributed by atoms with Gasteiger partial charge in [-0.25, -0.2) is 0 Å². The summed E-state index contributed by atoms with van der Waals surface area (Å²) in [4.78, 5) is 16.6. The van der Waals surface area contributed by atoms with E-state index < -0.39 is 0 Å². The van der Waals surface area contributed by atoms with E-state index in [9.17, 15) is 4.79 Å². The van der Waals surface area contributed by atoms with E-state index >= 15 is 0 Å². The number of nitrogens with zero attached hydrogens (tertiary/aromatic N) is 4. The Balaban J connectivity index is 1.47. The van der Waals surface area contributed by atoms with E-state index in [4.69, 9.17) is 0 Å². The molecule has 2 heterocycles. The molecular weight excluding hydrogens is 394 g/mol. The first-order valence-corrected chi connectivity index (χ1v) is 11.5. The Bertz CT molecular complexity index is 952. The van der Waals surface area contributed by atoms with Crippen LogP contribution in [0.3, 0.4) is 0 Å². The minimum atomic E-state index is 0.0688. The third-order valence-electron chi connectivity index (χ3n) is 5.55. The lowest BCUT2D eigenvalue weighted by Gasteiger charge is -2.26. The van der Waals surface area contributed by atoms with Gasteiger partial charge in [-0.3, -0.25) is 14.3 Å². The van der Waals surface area contributed by atoms with Gasteiger partial charge in [0.25, 0.3) is 0 Å². The first-order valence-electron chi connectivity index (χ1n) is 10.5. The van der Waals surface area contributed by atoms with Crippen molar-refractivity contribution in [1.29, 1.82) is 0 Å². The molecule has 4 rings (SSSR count). The van der Waals surface area contributed by atoms with E-state index in [1.807, 2.05) is 30.3 Å². The molecule has 1 saturated carbocycles. The number of thioether (sulfide) groups is 1. The number of hydrogen-bond donors (Lipinski definition) is 1. The second kappa shape index (κ2) is 9.89. The molecular formula is C23H27N5OS. The number of hydrogen-bond acceptors (Lipinski definition) is 5. The Kier molecular flexibility index (Phi) is 6.79. The summed E-state index contributed by atoms with van der Waals surface area (Å²) in [6.45, 7) is 2.93. The van der Waals surface area contributed by atoms with Crippen LogP contribution in [0.25, 0.3) is 11.4 Å². The molecule has 0 unspecified atom stereocenters. The van der Waals surface area contributed by atoms with E-state index in [0.717, 1.165) is 40.9 Å². The lowest BCUT2D eigenvalue weighted by atomic mass is 9.87. The fourth-order valence-electron chi connectivity index (χ4n) is 3.82. The molecule has 2 aromatic heterocycles. The molecule has 1 aliphatic rings. The SMILES string of the molecule is CC1CCC(NC(=O)CSc2nnc(-c3ccncc3)n2Cc2ccccc2)CC1. The highest BCUT2D eigenvalue weighted by atomic mass is 32.2. The average molecular weight is 422 g/mol. The normalized spacial score (nSPS) is 18.8. The van der Waals surface area contributed by atoms with Crippen molar-refractivity contribution in [2.45, 2.75) is 50.4 Å². The van der Waals surface area contributed by atoms with Crippen molar-refractivity contribution >= 4 is 17.7 Å². The highest BCUT2D eigenvalue weighted by Crippen LogP contribution is 2.26. The number of amides is 1. The molecule has 1 aromatic carbocycles. The Hall–Kier alpha value is -2.67. The molecule has 0 aliphatic heterocycles. The Morgan fingerprint density at radius 1 is 1.07 bits per heavy atom. The number of carbonyl (C=O) groups is 1. The monoisotopic (exact) mass is 421 g/mol. The molecule has 7 heteroatoms. The van der Waals surface area contributed by atoms with Crippen molar-refractivity contribution in [3.05, 3.63) is 60.4 Å². The van der Waals surface area contributed by atoms with Gasteiger partial charge in [-0.1, -0.05) is 49.0 Å². The summed E-state index contributed by atoms with van der Waals surface area (Å²) in [5, 5.41) is 12.8. The summed E-state index contributed by atoms with van der Waals surface area (Å²) in [5.74, 6) is 1.97. The molecule has 6 nitrogen and oxygen atoms in total. The van der Waals surface area contributed by atoms with Crippen molar-refractivity contribution in [2.24, 2.45) is 5.92 Å². The smallest absolute Gasteiger partial charge is 0.230 e.